The molecule has 1 aromatic carbocycles. The van der Waals surface area contributed by atoms with Crippen molar-refractivity contribution in [1.29, 1.82) is 0 Å². The van der Waals surface area contributed by atoms with Gasteiger partial charge in [-0.05, 0) is 38.8 Å². The Balaban J connectivity index is 0.00000181. The number of allylic oxidation sites excluding steroid dienone is 1. The molecule has 11 nitrogen and oxygen atoms in total. The van der Waals surface area contributed by atoms with Gasteiger partial charge in [-0.2, -0.15) is 4.31 Å². The van der Waals surface area contributed by atoms with Crippen LogP contribution in [-0.2, 0) is 14.8 Å². The molecule has 0 spiro atoms. The molecule has 1 aromatic heterocycles. The van der Waals surface area contributed by atoms with Crippen LogP contribution in [0.25, 0.3) is 10.9 Å². The van der Waals surface area contributed by atoms with Gasteiger partial charge in [0.05, 0.1) is 16.1 Å². The van der Waals surface area contributed by atoms with Crippen LogP contribution in [0.5, 0.6) is 0 Å². The first-order valence-electron chi connectivity index (χ1n) is 14.0. The summed E-state index contributed by atoms with van der Waals surface area (Å²) in [6.07, 6.45) is 3.49. The molecule has 2 N–H and O–H groups in total. The molecule has 1 saturated carbocycles. The second kappa shape index (κ2) is 12.5. The molecule has 1 saturated heterocycles. The number of Topliss-reactive ketones (excluding diaryl/α,β-unsaturated/α-hetero) is 1. The average molecular weight is 570 g/mol. The maximum absolute atomic E-state index is 13.3. The van der Waals surface area contributed by atoms with E-state index in [-0.39, 0.29) is 35.0 Å². The van der Waals surface area contributed by atoms with Crippen LogP contribution in [0.15, 0.2) is 40.1 Å². The zero-order valence-corrected chi connectivity index (χ0v) is 24.7. The Labute approximate surface area is 236 Å². The molecule has 5 rings (SSSR count). The number of amides is 1. The fourth-order valence-electron chi connectivity index (χ4n) is 5.08. The summed E-state index contributed by atoms with van der Waals surface area (Å²) < 4.78 is 28.0. The number of ketones is 1. The molecular weight excluding hydrogens is 530 g/mol. The van der Waals surface area contributed by atoms with E-state index in [0.717, 1.165) is 18.2 Å². The summed E-state index contributed by atoms with van der Waals surface area (Å²) in [6.45, 7) is 11.8. The molecule has 2 fully saturated rings. The van der Waals surface area contributed by atoms with Gasteiger partial charge in [-0.25, -0.2) is 23.4 Å². The molecule has 216 valence electrons. The Bertz CT molecular complexity index is 1440. The quantitative estimate of drug-likeness (QED) is 0.463. The number of benzene rings is 1. The van der Waals surface area contributed by atoms with E-state index in [1.54, 1.807) is 6.92 Å². The second-order valence-corrected chi connectivity index (χ2v) is 12.2. The van der Waals surface area contributed by atoms with Crippen LogP contribution >= 0.6 is 0 Å². The number of aliphatic imine (C=N–C) groups is 1. The van der Waals surface area contributed by atoms with Crippen LogP contribution in [0.3, 0.4) is 0 Å². The monoisotopic (exact) mass is 569 g/mol. The number of fused-ring (bicyclic) bond motifs is 1. The zero-order valence-electron chi connectivity index (χ0n) is 23.9. The Morgan fingerprint density at radius 1 is 1.10 bits per heavy atom. The standard InChI is InChI=1S/C26H33N7O4S.C2H6/c1-16(29-26-21-6-4-5-20(24(21)27-15-28-26)25(35)19-7-8-19)14-32-9-11-33(12-10-32)38(36,37)22-13-23(30-17(22)2)31-18(3)34;1-2/h4-6,15-16,19H,7-14H2,1-3H3,(H,27,28,29)(H,30,31,34);1-2H3/t16-;/m0./s1. The molecule has 2 aliphatic heterocycles. The van der Waals surface area contributed by atoms with Crippen molar-refractivity contribution >= 4 is 44.3 Å². The van der Waals surface area contributed by atoms with E-state index in [9.17, 15) is 18.0 Å². The first kappa shape index (κ1) is 29.8. The van der Waals surface area contributed by atoms with E-state index in [4.69, 9.17) is 0 Å². The molecule has 40 heavy (non-hydrogen) atoms. The highest BCUT2D eigenvalue weighted by molar-refractivity contribution is 7.93. The summed E-state index contributed by atoms with van der Waals surface area (Å²) in [6, 6.07) is 5.68. The normalized spacial score (nSPS) is 19.1. The molecule has 3 heterocycles. The van der Waals surface area contributed by atoms with Gasteiger partial charge in [0.1, 0.15) is 18.0 Å². The van der Waals surface area contributed by atoms with Crippen molar-refractivity contribution in [3.8, 4) is 0 Å². The van der Waals surface area contributed by atoms with Crippen molar-refractivity contribution in [2.24, 2.45) is 10.9 Å². The predicted octanol–water partition coefficient (Wildman–Crippen LogP) is 3.17. The number of aromatic nitrogens is 2. The summed E-state index contributed by atoms with van der Waals surface area (Å²) in [7, 11) is -3.66. The summed E-state index contributed by atoms with van der Waals surface area (Å²) in [5.41, 5.74) is 1.76. The highest BCUT2D eigenvalue weighted by atomic mass is 32.2. The van der Waals surface area contributed by atoms with Crippen molar-refractivity contribution < 1.29 is 18.0 Å². The van der Waals surface area contributed by atoms with Crippen molar-refractivity contribution in [3.05, 3.63) is 40.7 Å². The van der Waals surface area contributed by atoms with Gasteiger partial charge in [-0.3, -0.25) is 14.5 Å². The summed E-state index contributed by atoms with van der Waals surface area (Å²) >= 11 is 0. The first-order valence-corrected chi connectivity index (χ1v) is 15.4. The lowest BCUT2D eigenvalue weighted by atomic mass is 10.0. The lowest BCUT2D eigenvalue weighted by Gasteiger charge is -2.35. The van der Waals surface area contributed by atoms with Crippen LogP contribution in [-0.4, -0.2) is 83.9 Å². The van der Waals surface area contributed by atoms with E-state index in [1.807, 2.05) is 32.0 Å². The zero-order chi connectivity index (χ0) is 29.0. The van der Waals surface area contributed by atoms with Gasteiger partial charge in [0.15, 0.2) is 5.78 Å². The minimum absolute atomic E-state index is 0.0347. The van der Waals surface area contributed by atoms with Gasteiger partial charge in [-0.15, -0.1) is 0 Å². The maximum atomic E-state index is 13.3. The van der Waals surface area contributed by atoms with Crippen LogP contribution in [0.1, 0.15) is 64.2 Å². The smallest absolute Gasteiger partial charge is 0.241 e. The minimum Gasteiger partial charge on any atom is -0.366 e. The maximum Gasteiger partial charge on any atom is 0.241 e. The molecule has 1 aliphatic carbocycles. The number of carbonyl (C=O) groups excluding carboxylic acids is 2. The molecular formula is C28H39N7O4S. The molecule has 1 atom stereocenters. The number of amidine groups is 1. The van der Waals surface area contributed by atoms with Gasteiger partial charge in [-0.1, -0.05) is 19.9 Å². The third-order valence-corrected chi connectivity index (χ3v) is 9.24. The third-order valence-electron chi connectivity index (χ3n) is 7.13. The van der Waals surface area contributed by atoms with Crippen molar-refractivity contribution in [2.45, 2.75) is 59.9 Å². The lowest BCUT2D eigenvalue weighted by molar-refractivity contribution is -0.117. The van der Waals surface area contributed by atoms with Gasteiger partial charge in [0.25, 0.3) is 0 Å². The Hall–Kier alpha value is -3.22. The molecule has 3 aliphatic rings. The number of carbonyl (C=O) groups is 2. The molecule has 12 heteroatoms. The van der Waals surface area contributed by atoms with Gasteiger partial charge in [0, 0.05) is 69.0 Å². The van der Waals surface area contributed by atoms with Gasteiger partial charge in [0.2, 0.25) is 15.9 Å². The number of nitrogens with zero attached hydrogens (tertiary/aromatic N) is 5. The van der Waals surface area contributed by atoms with Crippen LogP contribution in [0.4, 0.5) is 5.82 Å². The lowest BCUT2D eigenvalue weighted by Crippen LogP contribution is -2.51. The van der Waals surface area contributed by atoms with Crippen LogP contribution < -0.4 is 10.6 Å². The summed E-state index contributed by atoms with van der Waals surface area (Å²) in [4.78, 5) is 39.6. The van der Waals surface area contributed by atoms with E-state index in [2.05, 4.69) is 37.4 Å². The Kier molecular flexibility index (Phi) is 9.32. The van der Waals surface area contributed by atoms with E-state index in [1.165, 1.54) is 17.6 Å². The molecule has 2 aromatic rings. The van der Waals surface area contributed by atoms with E-state index < -0.39 is 10.0 Å². The number of rotatable bonds is 8. The second-order valence-electron chi connectivity index (χ2n) is 10.2. The summed E-state index contributed by atoms with van der Waals surface area (Å²) in [5, 5.41) is 6.88. The molecule has 0 radical (unpaired) electrons. The van der Waals surface area contributed by atoms with Crippen molar-refractivity contribution in [3.63, 3.8) is 0 Å². The third kappa shape index (κ3) is 6.56. The Morgan fingerprint density at radius 3 is 2.45 bits per heavy atom. The fourth-order valence-corrected chi connectivity index (χ4v) is 6.77. The number of anilines is 1. The average Bonchev–Trinajstić information content (AvgIpc) is 3.71. The molecule has 0 bridgehead atoms. The van der Waals surface area contributed by atoms with Gasteiger partial charge >= 0.3 is 0 Å². The van der Waals surface area contributed by atoms with Crippen LogP contribution in [0, 0.1) is 5.92 Å². The number of hydrogen-bond acceptors (Lipinski definition) is 9. The molecule has 0 unspecified atom stereocenters. The number of piperazine rings is 1. The van der Waals surface area contributed by atoms with Gasteiger partial charge < -0.3 is 10.6 Å². The predicted molar refractivity (Wildman–Crippen MR) is 157 cm³/mol. The number of para-hydroxylation sites is 1. The summed E-state index contributed by atoms with van der Waals surface area (Å²) in [5.74, 6) is 1.06. The van der Waals surface area contributed by atoms with E-state index >= 15 is 0 Å². The highest BCUT2D eigenvalue weighted by Crippen LogP contribution is 2.35. The van der Waals surface area contributed by atoms with Crippen LogP contribution in [0.2, 0.25) is 0 Å². The highest BCUT2D eigenvalue weighted by Gasteiger charge is 2.35. The van der Waals surface area contributed by atoms with Crippen molar-refractivity contribution in [2.75, 3.05) is 38.0 Å². The molecule has 1 amide bonds. The Morgan fingerprint density at radius 2 is 1.80 bits per heavy atom. The minimum atomic E-state index is -3.66. The number of nitrogens with one attached hydrogen (secondary N) is 2. The number of hydrogen-bond donors (Lipinski definition) is 2. The topological polar surface area (TPSA) is 137 Å². The first-order chi connectivity index (χ1) is 19.1. The van der Waals surface area contributed by atoms with Crippen molar-refractivity contribution in [1.82, 2.24) is 24.5 Å². The van der Waals surface area contributed by atoms with E-state index in [0.29, 0.717) is 61.2 Å². The largest absolute Gasteiger partial charge is 0.366 e. The fraction of sp³-hybridized carbons (Fsp3) is 0.536. The number of sulfonamides is 1. The SMILES string of the molecule is CC.CC(=O)NC1=NC(C)=C(S(=O)(=O)N2CCN(C[C@H](C)Nc3ncnc4c(C(=O)C5CC5)cccc34)CC2)C1.